The van der Waals surface area contributed by atoms with Crippen molar-refractivity contribution in [2.45, 2.75) is 6.42 Å². The fourth-order valence-electron chi connectivity index (χ4n) is 1.89. The largest absolute Gasteiger partial charge is 0.497 e. The molecule has 0 spiro atoms. The number of rotatable bonds is 4. The third-order valence-electron chi connectivity index (χ3n) is 2.95. The van der Waals surface area contributed by atoms with Gasteiger partial charge in [-0.25, -0.2) is 4.98 Å². The molecule has 0 aliphatic carbocycles. The van der Waals surface area contributed by atoms with Crippen LogP contribution in [0.25, 0.3) is 11.4 Å². The summed E-state index contributed by atoms with van der Waals surface area (Å²) in [4.78, 5) is 4.36. The Morgan fingerprint density at radius 3 is 2.37 bits per heavy atom. The second-order valence-electron chi connectivity index (χ2n) is 4.07. The molecule has 0 saturated heterocycles. The number of nitriles is 1. The highest BCUT2D eigenvalue weighted by Crippen LogP contribution is 2.29. The van der Waals surface area contributed by atoms with Crippen molar-refractivity contribution in [1.29, 1.82) is 5.26 Å². The summed E-state index contributed by atoms with van der Waals surface area (Å²) in [5.41, 5.74) is 1.77. The van der Waals surface area contributed by atoms with Gasteiger partial charge in [-0.2, -0.15) is 5.26 Å². The lowest BCUT2D eigenvalue weighted by Crippen LogP contribution is -1.98. The summed E-state index contributed by atoms with van der Waals surface area (Å²) in [5, 5.41) is 8.76. The summed E-state index contributed by atoms with van der Waals surface area (Å²) in [6, 6.07) is 7.71. The van der Waals surface area contributed by atoms with Gasteiger partial charge in [-0.3, -0.25) is 0 Å². The van der Waals surface area contributed by atoms with E-state index in [0.29, 0.717) is 17.9 Å². The Hall–Kier alpha value is -2.48. The number of ether oxygens (including phenoxy) is 2. The summed E-state index contributed by atoms with van der Waals surface area (Å²) in [6.07, 6.45) is 2.05. The molecule has 1 aromatic carbocycles. The van der Waals surface area contributed by atoms with Gasteiger partial charge in [-0.15, -0.1) is 0 Å². The molecule has 2 aromatic rings. The fourth-order valence-corrected chi connectivity index (χ4v) is 1.89. The topological polar surface area (TPSA) is 60.1 Å². The van der Waals surface area contributed by atoms with Crippen LogP contribution in [0.15, 0.2) is 24.4 Å². The van der Waals surface area contributed by atoms with Crippen LogP contribution in [0.4, 0.5) is 0 Å². The molecule has 0 bridgehead atoms. The predicted molar refractivity (Wildman–Crippen MR) is 71.1 cm³/mol. The van der Waals surface area contributed by atoms with Crippen molar-refractivity contribution >= 4 is 0 Å². The molecule has 5 nitrogen and oxygen atoms in total. The molecule has 0 unspecified atom stereocenters. The number of benzene rings is 1. The Labute approximate surface area is 112 Å². The summed E-state index contributed by atoms with van der Waals surface area (Å²) < 4.78 is 12.4. The smallest absolute Gasteiger partial charge is 0.140 e. The number of hydrogen-bond donors (Lipinski definition) is 0. The first-order chi connectivity index (χ1) is 9.19. The standard InChI is InChI=1S/C14H15N3O2/c1-17-11(4-5-15)9-16-14(17)10-6-12(18-2)8-13(7-10)19-3/h6-9H,4H2,1-3H3. The van der Waals surface area contributed by atoms with E-state index in [4.69, 9.17) is 14.7 Å². The van der Waals surface area contributed by atoms with E-state index in [1.807, 2.05) is 29.8 Å². The zero-order chi connectivity index (χ0) is 13.8. The van der Waals surface area contributed by atoms with Crippen molar-refractivity contribution in [3.8, 4) is 29.0 Å². The Bertz CT molecular complexity index is 604. The van der Waals surface area contributed by atoms with Crippen LogP contribution in [0.3, 0.4) is 0 Å². The molecule has 0 N–H and O–H groups in total. The first kappa shape index (κ1) is 13.0. The molecule has 5 heteroatoms. The second kappa shape index (κ2) is 5.44. The first-order valence-corrected chi connectivity index (χ1v) is 5.80. The molecular weight excluding hydrogens is 242 g/mol. The normalized spacial score (nSPS) is 10.0. The SMILES string of the molecule is COc1cc(OC)cc(-c2ncc(CC#N)n2C)c1. The minimum atomic E-state index is 0.338. The Morgan fingerprint density at radius 2 is 1.84 bits per heavy atom. The van der Waals surface area contributed by atoms with E-state index in [1.165, 1.54) is 0 Å². The molecule has 0 aliphatic rings. The van der Waals surface area contributed by atoms with Crippen molar-refractivity contribution < 1.29 is 9.47 Å². The number of hydrogen-bond acceptors (Lipinski definition) is 4. The average molecular weight is 257 g/mol. The lowest BCUT2D eigenvalue weighted by molar-refractivity contribution is 0.394. The molecule has 0 aliphatic heterocycles. The van der Waals surface area contributed by atoms with E-state index in [1.54, 1.807) is 20.4 Å². The van der Waals surface area contributed by atoms with Gasteiger partial charge in [0, 0.05) is 24.9 Å². The predicted octanol–water partition coefficient (Wildman–Crippen LogP) is 2.17. The zero-order valence-corrected chi connectivity index (χ0v) is 11.2. The van der Waals surface area contributed by atoms with Crippen molar-refractivity contribution in [2.24, 2.45) is 7.05 Å². The quantitative estimate of drug-likeness (QED) is 0.842. The van der Waals surface area contributed by atoms with Crippen LogP contribution >= 0.6 is 0 Å². The lowest BCUT2D eigenvalue weighted by atomic mass is 10.2. The van der Waals surface area contributed by atoms with Crippen LogP contribution < -0.4 is 9.47 Å². The van der Waals surface area contributed by atoms with Crippen LogP contribution in [-0.2, 0) is 13.5 Å². The maximum Gasteiger partial charge on any atom is 0.140 e. The van der Waals surface area contributed by atoms with Gasteiger partial charge in [0.2, 0.25) is 0 Å². The minimum absolute atomic E-state index is 0.338. The van der Waals surface area contributed by atoms with Gasteiger partial charge in [0.15, 0.2) is 0 Å². The van der Waals surface area contributed by atoms with Crippen LogP contribution in [0.1, 0.15) is 5.69 Å². The van der Waals surface area contributed by atoms with E-state index in [2.05, 4.69) is 11.1 Å². The van der Waals surface area contributed by atoms with Crippen molar-refractivity contribution in [3.63, 3.8) is 0 Å². The van der Waals surface area contributed by atoms with Crippen LogP contribution in [0, 0.1) is 11.3 Å². The fraction of sp³-hybridized carbons (Fsp3) is 0.286. The Balaban J connectivity index is 2.49. The third-order valence-corrected chi connectivity index (χ3v) is 2.95. The van der Waals surface area contributed by atoms with Crippen molar-refractivity contribution in [1.82, 2.24) is 9.55 Å². The summed E-state index contributed by atoms with van der Waals surface area (Å²) in [5.74, 6) is 2.20. The highest BCUT2D eigenvalue weighted by Gasteiger charge is 2.11. The Morgan fingerprint density at radius 1 is 1.21 bits per heavy atom. The van der Waals surface area contributed by atoms with Crippen LogP contribution in [-0.4, -0.2) is 23.8 Å². The lowest BCUT2D eigenvalue weighted by Gasteiger charge is -2.09. The van der Waals surface area contributed by atoms with E-state index in [9.17, 15) is 0 Å². The maximum absolute atomic E-state index is 8.76. The van der Waals surface area contributed by atoms with Crippen molar-refractivity contribution in [3.05, 3.63) is 30.1 Å². The van der Waals surface area contributed by atoms with Gasteiger partial charge in [0.25, 0.3) is 0 Å². The van der Waals surface area contributed by atoms with E-state index < -0.39 is 0 Å². The third kappa shape index (κ3) is 2.52. The van der Waals surface area contributed by atoms with Gasteiger partial charge in [-0.1, -0.05) is 0 Å². The van der Waals surface area contributed by atoms with Crippen LogP contribution in [0.5, 0.6) is 11.5 Å². The molecule has 0 atom stereocenters. The number of aromatic nitrogens is 2. The molecule has 0 radical (unpaired) electrons. The second-order valence-corrected chi connectivity index (χ2v) is 4.07. The Kier molecular flexibility index (Phi) is 3.71. The molecule has 1 heterocycles. The molecule has 2 rings (SSSR count). The highest BCUT2D eigenvalue weighted by molar-refractivity contribution is 5.61. The average Bonchev–Trinajstić information content (AvgIpc) is 2.80. The van der Waals surface area contributed by atoms with Gasteiger partial charge >= 0.3 is 0 Å². The zero-order valence-electron chi connectivity index (χ0n) is 11.2. The molecular formula is C14H15N3O2. The minimum Gasteiger partial charge on any atom is -0.497 e. The van der Waals surface area contributed by atoms with Gasteiger partial charge < -0.3 is 14.0 Å². The molecule has 0 saturated carbocycles. The first-order valence-electron chi connectivity index (χ1n) is 5.80. The van der Waals surface area contributed by atoms with Crippen LogP contribution in [0.2, 0.25) is 0 Å². The molecule has 0 amide bonds. The van der Waals surface area contributed by atoms with E-state index in [0.717, 1.165) is 17.1 Å². The monoisotopic (exact) mass is 257 g/mol. The molecule has 98 valence electrons. The van der Waals surface area contributed by atoms with Crippen molar-refractivity contribution in [2.75, 3.05) is 14.2 Å². The number of imidazole rings is 1. The maximum atomic E-state index is 8.76. The molecule has 1 aromatic heterocycles. The highest BCUT2D eigenvalue weighted by atomic mass is 16.5. The number of nitrogens with zero attached hydrogens (tertiary/aromatic N) is 3. The number of methoxy groups -OCH3 is 2. The summed E-state index contributed by atoms with van der Waals surface area (Å²) >= 11 is 0. The van der Waals surface area contributed by atoms with Gasteiger partial charge in [-0.05, 0) is 12.1 Å². The summed E-state index contributed by atoms with van der Waals surface area (Å²) in [6.45, 7) is 0. The van der Waals surface area contributed by atoms with Gasteiger partial charge in [0.05, 0.1) is 32.4 Å². The van der Waals surface area contributed by atoms with E-state index >= 15 is 0 Å². The summed E-state index contributed by atoms with van der Waals surface area (Å²) in [7, 11) is 5.11. The van der Waals surface area contributed by atoms with Gasteiger partial charge in [0.1, 0.15) is 17.3 Å². The molecule has 0 fully saturated rings. The van der Waals surface area contributed by atoms with E-state index in [-0.39, 0.29) is 0 Å². The molecule has 19 heavy (non-hydrogen) atoms.